The number of halogens is 1. The van der Waals surface area contributed by atoms with Crippen LogP contribution in [0.3, 0.4) is 0 Å². The van der Waals surface area contributed by atoms with Crippen LogP contribution in [0.4, 0.5) is 5.69 Å². The fourth-order valence-electron chi connectivity index (χ4n) is 2.46. The van der Waals surface area contributed by atoms with E-state index in [2.05, 4.69) is 61.1 Å². The van der Waals surface area contributed by atoms with E-state index >= 15 is 0 Å². The summed E-state index contributed by atoms with van der Waals surface area (Å²) >= 11 is 3.59. The number of pyridine rings is 1. The lowest BCUT2D eigenvalue weighted by atomic mass is 10.0. The molecule has 0 bridgehead atoms. The maximum atomic E-state index is 4.84. The molecule has 0 saturated carbocycles. The molecule has 2 rings (SSSR count). The van der Waals surface area contributed by atoms with Crippen LogP contribution in [-0.2, 0) is 6.42 Å². The second kappa shape index (κ2) is 5.91. The van der Waals surface area contributed by atoms with Gasteiger partial charge in [0.05, 0.1) is 5.52 Å². The van der Waals surface area contributed by atoms with Crippen LogP contribution in [0.1, 0.15) is 37.1 Å². The van der Waals surface area contributed by atoms with Gasteiger partial charge < -0.3 is 5.32 Å². The summed E-state index contributed by atoms with van der Waals surface area (Å²) in [5.74, 6) is 0. The van der Waals surface area contributed by atoms with Gasteiger partial charge in [-0.15, -0.1) is 0 Å². The molecule has 0 unspecified atom stereocenters. The molecule has 0 spiro atoms. The van der Waals surface area contributed by atoms with Gasteiger partial charge in [-0.2, -0.15) is 0 Å². The molecule has 0 aliphatic rings. The third kappa shape index (κ3) is 2.76. The SMILES string of the molecule is CCCNc1c(C)c(CC)nc2c(C)cc(Br)cc12. The van der Waals surface area contributed by atoms with E-state index in [0.717, 1.165) is 29.4 Å². The predicted molar refractivity (Wildman–Crippen MR) is 87.1 cm³/mol. The molecule has 0 radical (unpaired) electrons. The standard InChI is InChI=1S/C16H21BrN2/c1-5-7-18-16-11(4)14(6-2)19-15-10(3)8-12(17)9-13(15)16/h8-9H,5-7H2,1-4H3,(H,18,19). The molecule has 102 valence electrons. The van der Waals surface area contributed by atoms with Crippen molar-refractivity contribution in [2.75, 3.05) is 11.9 Å². The van der Waals surface area contributed by atoms with Gasteiger partial charge in [-0.3, -0.25) is 4.98 Å². The molecule has 0 aliphatic carbocycles. The molecule has 1 N–H and O–H groups in total. The largest absolute Gasteiger partial charge is 0.384 e. The average Bonchev–Trinajstić information content (AvgIpc) is 2.37. The van der Waals surface area contributed by atoms with Gasteiger partial charge in [0.15, 0.2) is 0 Å². The molecule has 2 nitrogen and oxygen atoms in total. The molecule has 0 saturated heterocycles. The van der Waals surface area contributed by atoms with Gasteiger partial charge in [0.1, 0.15) is 0 Å². The first kappa shape index (κ1) is 14.3. The third-order valence-electron chi connectivity index (χ3n) is 3.48. The molecular formula is C16H21BrN2. The molecule has 1 aromatic heterocycles. The summed E-state index contributed by atoms with van der Waals surface area (Å²) in [6.45, 7) is 9.64. The van der Waals surface area contributed by atoms with Crippen molar-refractivity contribution in [1.29, 1.82) is 0 Å². The quantitative estimate of drug-likeness (QED) is 0.857. The number of anilines is 1. The first-order chi connectivity index (χ1) is 9.08. The number of aryl methyl sites for hydroxylation is 2. The lowest BCUT2D eigenvalue weighted by Gasteiger charge is -2.16. The van der Waals surface area contributed by atoms with E-state index < -0.39 is 0 Å². The van der Waals surface area contributed by atoms with E-state index in [1.54, 1.807) is 0 Å². The predicted octanol–water partition coefficient (Wildman–Crippen LogP) is 5.00. The van der Waals surface area contributed by atoms with Gasteiger partial charge in [0.25, 0.3) is 0 Å². The fraction of sp³-hybridized carbons (Fsp3) is 0.438. The highest BCUT2D eigenvalue weighted by molar-refractivity contribution is 9.10. The van der Waals surface area contributed by atoms with Crippen molar-refractivity contribution in [2.45, 2.75) is 40.5 Å². The van der Waals surface area contributed by atoms with Gasteiger partial charge in [-0.25, -0.2) is 0 Å². The highest BCUT2D eigenvalue weighted by Crippen LogP contribution is 2.32. The number of rotatable bonds is 4. The molecule has 2 aromatic rings. The second-order valence-corrected chi connectivity index (χ2v) is 5.87. The molecule has 1 aromatic carbocycles. The molecule has 19 heavy (non-hydrogen) atoms. The summed E-state index contributed by atoms with van der Waals surface area (Å²) in [4.78, 5) is 4.84. The van der Waals surface area contributed by atoms with E-state index in [9.17, 15) is 0 Å². The Hall–Kier alpha value is -1.09. The van der Waals surface area contributed by atoms with Gasteiger partial charge in [0.2, 0.25) is 0 Å². The molecule has 0 amide bonds. The molecule has 1 heterocycles. The number of nitrogens with zero attached hydrogens (tertiary/aromatic N) is 1. The Morgan fingerprint density at radius 2 is 1.95 bits per heavy atom. The minimum Gasteiger partial charge on any atom is -0.384 e. The van der Waals surface area contributed by atoms with E-state index in [1.165, 1.54) is 27.9 Å². The minimum absolute atomic E-state index is 0.970. The van der Waals surface area contributed by atoms with E-state index in [1.807, 2.05) is 0 Å². The Kier molecular flexibility index (Phi) is 4.46. The maximum absolute atomic E-state index is 4.84. The lowest BCUT2D eigenvalue weighted by Crippen LogP contribution is -2.06. The molecule has 3 heteroatoms. The molecule has 0 aliphatic heterocycles. The Balaban J connectivity index is 2.75. The van der Waals surface area contributed by atoms with Crippen LogP contribution in [0.2, 0.25) is 0 Å². The summed E-state index contributed by atoms with van der Waals surface area (Å²) in [6, 6.07) is 4.30. The summed E-state index contributed by atoms with van der Waals surface area (Å²) in [6.07, 6.45) is 2.09. The smallest absolute Gasteiger partial charge is 0.0756 e. The Labute approximate surface area is 123 Å². The van der Waals surface area contributed by atoms with Crippen molar-refractivity contribution in [2.24, 2.45) is 0 Å². The number of aromatic nitrogens is 1. The Morgan fingerprint density at radius 1 is 1.21 bits per heavy atom. The zero-order valence-corrected chi connectivity index (χ0v) is 13.7. The fourth-order valence-corrected chi connectivity index (χ4v) is 3.03. The van der Waals surface area contributed by atoms with Crippen molar-refractivity contribution >= 4 is 32.5 Å². The van der Waals surface area contributed by atoms with Crippen LogP contribution in [0, 0.1) is 13.8 Å². The molecule has 0 atom stereocenters. The van der Waals surface area contributed by atoms with E-state index in [0.29, 0.717) is 0 Å². The van der Waals surface area contributed by atoms with E-state index in [4.69, 9.17) is 4.98 Å². The highest BCUT2D eigenvalue weighted by Gasteiger charge is 2.12. The molecule has 0 fully saturated rings. The van der Waals surface area contributed by atoms with Crippen molar-refractivity contribution in [3.05, 3.63) is 33.4 Å². The average molecular weight is 321 g/mol. The minimum atomic E-state index is 0.970. The highest BCUT2D eigenvalue weighted by atomic mass is 79.9. The Morgan fingerprint density at radius 3 is 2.58 bits per heavy atom. The third-order valence-corrected chi connectivity index (χ3v) is 3.93. The summed E-state index contributed by atoms with van der Waals surface area (Å²) < 4.78 is 1.11. The van der Waals surface area contributed by atoms with Gasteiger partial charge in [-0.1, -0.05) is 29.8 Å². The van der Waals surface area contributed by atoms with Crippen LogP contribution in [0.15, 0.2) is 16.6 Å². The number of fused-ring (bicyclic) bond motifs is 1. The van der Waals surface area contributed by atoms with Crippen molar-refractivity contribution in [3.8, 4) is 0 Å². The van der Waals surface area contributed by atoms with Gasteiger partial charge in [-0.05, 0) is 49.9 Å². The van der Waals surface area contributed by atoms with Gasteiger partial charge in [0, 0.05) is 27.8 Å². The summed E-state index contributed by atoms with van der Waals surface area (Å²) in [7, 11) is 0. The van der Waals surface area contributed by atoms with Crippen LogP contribution in [-0.4, -0.2) is 11.5 Å². The maximum Gasteiger partial charge on any atom is 0.0756 e. The van der Waals surface area contributed by atoms with Crippen molar-refractivity contribution < 1.29 is 0 Å². The van der Waals surface area contributed by atoms with Crippen LogP contribution in [0.5, 0.6) is 0 Å². The van der Waals surface area contributed by atoms with Crippen LogP contribution in [0.25, 0.3) is 10.9 Å². The lowest BCUT2D eigenvalue weighted by molar-refractivity contribution is 0.970. The van der Waals surface area contributed by atoms with Gasteiger partial charge >= 0.3 is 0 Å². The van der Waals surface area contributed by atoms with Crippen molar-refractivity contribution in [1.82, 2.24) is 4.98 Å². The number of nitrogens with one attached hydrogen (secondary N) is 1. The summed E-state index contributed by atoms with van der Waals surface area (Å²) in [5.41, 5.74) is 6.05. The van der Waals surface area contributed by atoms with Crippen LogP contribution >= 0.6 is 15.9 Å². The number of hydrogen-bond donors (Lipinski definition) is 1. The first-order valence-corrected chi connectivity index (χ1v) is 7.71. The van der Waals surface area contributed by atoms with Crippen molar-refractivity contribution in [3.63, 3.8) is 0 Å². The zero-order chi connectivity index (χ0) is 14.0. The van der Waals surface area contributed by atoms with Crippen LogP contribution < -0.4 is 5.32 Å². The Bertz CT molecular complexity index is 605. The zero-order valence-electron chi connectivity index (χ0n) is 12.1. The van der Waals surface area contributed by atoms with E-state index in [-0.39, 0.29) is 0 Å². The normalized spacial score (nSPS) is 11.0. The first-order valence-electron chi connectivity index (χ1n) is 6.91. The molecular weight excluding hydrogens is 300 g/mol. The number of benzene rings is 1. The monoisotopic (exact) mass is 320 g/mol. The second-order valence-electron chi connectivity index (χ2n) is 4.96. The topological polar surface area (TPSA) is 24.9 Å². The summed E-state index contributed by atoms with van der Waals surface area (Å²) in [5, 5.41) is 4.79. The number of hydrogen-bond acceptors (Lipinski definition) is 2.